The van der Waals surface area contributed by atoms with Crippen molar-refractivity contribution in [1.29, 1.82) is 0 Å². The van der Waals surface area contributed by atoms with Gasteiger partial charge < -0.3 is 5.11 Å². The van der Waals surface area contributed by atoms with Crippen molar-refractivity contribution in [1.82, 2.24) is 14.7 Å². The standard InChI is InChI=1S/C13H21N3O/c1-3-16-9-13(11(2)14-16)8-15-6-4-5-12(7-15)10-17/h3,9,12,17H,1,4-8,10H2,2H3. The Morgan fingerprint density at radius 1 is 1.65 bits per heavy atom. The molecule has 0 aliphatic carbocycles. The zero-order valence-corrected chi connectivity index (χ0v) is 10.5. The Labute approximate surface area is 103 Å². The van der Waals surface area contributed by atoms with Gasteiger partial charge in [-0.3, -0.25) is 4.90 Å². The van der Waals surface area contributed by atoms with Crippen LogP contribution in [0.1, 0.15) is 24.1 Å². The maximum absolute atomic E-state index is 9.22. The molecule has 1 aromatic heterocycles. The second kappa shape index (κ2) is 5.47. The summed E-state index contributed by atoms with van der Waals surface area (Å²) < 4.78 is 1.76. The normalized spacial score (nSPS) is 21.6. The average Bonchev–Trinajstić information content (AvgIpc) is 2.70. The van der Waals surface area contributed by atoms with Crippen LogP contribution in [0.5, 0.6) is 0 Å². The van der Waals surface area contributed by atoms with Gasteiger partial charge in [0, 0.05) is 37.7 Å². The molecular formula is C13H21N3O. The molecule has 94 valence electrons. The van der Waals surface area contributed by atoms with E-state index in [0.29, 0.717) is 12.5 Å². The molecule has 0 saturated carbocycles. The number of aliphatic hydroxyl groups is 1. The van der Waals surface area contributed by atoms with Gasteiger partial charge in [0.1, 0.15) is 0 Å². The smallest absolute Gasteiger partial charge is 0.0642 e. The molecule has 17 heavy (non-hydrogen) atoms. The predicted molar refractivity (Wildman–Crippen MR) is 68.4 cm³/mol. The fourth-order valence-corrected chi connectivity index (χ4v) is 2.45. The van der Waals surface area contributed by atoms with Crippen LogP contribution in [0.4, 0.5) is 0 Å². The van der Waals surface area contributed by atoms with Crippen molar-refractivity contribution in [3.05, 3.63) is 24.0 Å². The first-order chi connectivity index (χ1) is 8.22. The molecule has 4 heteroatoms. The number of aromatic nitrogens is 2. The Bertz CT molecular complexity index is 386. The summed E-state index contributed by atoms with van der Waals surface area (Å²) in [5.74, 6) is 0.443. The number of aryl methyl sites for hydroxylation is 1. The Balaban J connectivity index is 1.99. The number of piperidine rings is 1. The lowest BCUT2D eigenvalue weighted by atomic mass is 9.99. The van der Waals surface area contributed by atoms with Gasteiger partial charge >= 0.3 is 0 Å². The molecule has 1 aliphatic rings. The Morgan fingerprint density at radius 2 is 2.47 bits per heavy atom. The summed E-state index contributed by atoms with van der Waals surface area (Å²) in [4.78, 5) is 2.40. The zero-order chi connectivity index (χ0) is 12.3. The highest BCUT2D eigenvalue weighted by atomic mass is 16.3. The van der Waals surface area contributed by atoms with Gasteiger partial charge in [0.05, 0.1) is 5.69 Å². The summed E-state index contributed by atoms with van der Waals surface area (Å²) in [6.07, 6.45) is 6.08. The molecule has 4 nitrogen and oxygen atoms in total. The van der Waals surface area contributed by atoms with Crippen LogP contribution in [0.15, 0.2) is 12.8 Å². The Hall–Kier alpha value is -1.13. The molecular weight excluding hydrogens is 214 g/mol. The minimum Gasteiger partial charge on any atom is -0.396 e. The maximum Gasteiger partial charge on any atom is 0.0642 e. The van der Waals surface area contributed by atoms with Gasteiger partial charge in [0.2, 0.25) is 0 Å². The van der Waals surface area contributed by atoms with Crippen molar-refractivity contribution in [2.75, 3.05) is 19.7 Å². The largest absolute Gasteiger partial charge is 0.396 e. The molecule has 0 amide bonds. The molecule has 1 unspecified atom stereocenters. The van der Waals surface area contributed by atoms with E-state index in [9.17, 15) is 5.11 Å². The fourth-order valence-electron chi connectivity index (χ4n) is 2.45. The lowest BCUT2D eigenvalue weighted by molar-refractivity contribution is 0.116. The predicted octanol–water partition coefficient (Wildman–Crippen LogP) is 1.50. The van der Waals surface area contributed by atoms with Crippen LogP contribution in [0.3, 0.4) is 0 Å². The first kappa shape index (κ1) is 12.3. The zero-order valence-electron chi connectivity index (χ0n) is 10.5. The summed E-state index contributed by atoms with van der Waals surface area (Å²) >= 11 is 0. The number of rotatable bonds is 4. The van der Waals surface area contributed by atoms with Crippen LogP contribution in [-0.2, 0) is 6.54 Å². The molecule has 1 N–H and O–H groups in total. The third-order valence-electron chi connectivity index (χ3n) is 3.46. The summed E-state index contributed by atoms with van der Waals surface area (Å²) in [6, 6.07) is 0. The van der Waals surface area contributed by atoms with E-state index in [0.717, 1.165) is 31.7 Å². The highest BCUT2D eigenvalue weighted by molar-refractivity contribution is 5.23. The van der Waals surface area contributed by atoms with Crippen molar-refractivity contribution in [3.63, 3.8) is 0 Å². The van der Waals surface area contributed by atoms with E-state index >= 15 is 0 Å². The monoisotopic (exact) mass is 235 g/mol. The van der Waals surface area contributed by atoms with Crippen LogP contribution in [-0.4, -0.2) is 39.5 Å². The lowest BCUT2D eigenvalue weighted by Crippen LogP contribution is -2.36. The summed E-state index contributed by atoms with van der Waals surface area (Å²) in [5.41, 5.74) is 2.32. The maximum atomic E-state index is 9.22. The molecule has 1 atom stereocenters. The average molecular weight is 235 g/mol. The van der Waals surface area contributed by atoms with Crippen molar-refractivity contribution >= 4 is 6.20 Å². The van der Waals surface area contributed by atoms with Gasteiger partial charge in [0.25, 0.3) is 0 Å². The quantitative estimate of drug-likeness (QED) is 0.860. The summed E-state index contributed by atoms with van der Waals surface area (Å²) in [6.45, 7) is 9.09. The molecule has 1 fully saturated rings. The van der Waals surface area contributed by atoms with E-state index in [2.05, 4.69) is 16.6 Å². The van der Waals surface area contributed by atoms with E-state index in [-0.39, 0.29) is 0 Å². The van der Waals surface area contributed by atoms with Crippen LogP contribution in [0.25, 0.3) is 6.20 Å². The highest BCUT2D eigenvalue weighted by Gasteiger charge is 2.20. The van der Waals surface area contributed by atoms with Crippen LogP contribution in [0.2, 0.25) is 0 Å². The lowest BCUT2D eigenvalue weighted by Gasteiger charge is -2.31. The third-order valence-corrected chi connectivity index (χ3v) is 3.46. The van der Waals surface area contributed by atoms with Gasteiger partial charge in [-0.2, -0.15) is 5.10 Å². The molecule has 0 aromatic carbocycles. The molecule has 1 aliphatic heterocycles. The minimum absolute atomic E-state index is 0.307. The summed E-state index contributed by atoms with van der Waals surface area (Å²) in [7, 11) is 0. The number of aliphatic hydroxyl groups excluding tert-OH is 1. The van der Waals surface area contributed by atoms with Crippen molar-refractivity contribution in [2.45, 2.75) is 26.3 Å². The summed E-state index contributed by atoms with van der Waals surface area (Å²) in [5, 5.41) is 13.6. The molecule has 2 rings (SSSR count). The highest BCUT2D eigenvalue weighted by Crippen LogP contribution is 2.19. The van der Waals surface area contributed by atoms with Crippen molar-refractivity contribution < 1.29 is 5.11 Å². The molecule has 0 radical (unpaired) electrons. The van der Waals surface area contributed by atoms with Gasteiger partial charge in [-0.05, 0) is 32.2 Å². The van der Waals surface area contributed by atoms with Crippen LogP contribution >= 0.6 is 0 Å². The first-order valence-electron chi connectivity index (χ1n) is 6.23. The second-order valence-corrected chi connectivity index (χ2v) is 4.83. The van der Waals surface area contributed by atoms with E-state index < -0.39 is 0 Å². The number of nitrogens with zero attached hydrogens (tertiary/aromatic N) is 3. The van der Waals surface area contributed by atoms with E-state index in [1.54, 1.807) is 10.9 Å². The molecule has 0 spiro atoms. The van der Waals surface area contributed by atoms with E-state index in [1.165, 1.54) is 12.0 Å². The Kier molecular flexibility index (Phi) is 3.97. The second-order valence-electron chi connectivity index (χ2n) is 4.83. The number of hydrogen-bond acceptors (Lipinski definition) is 3. The fraction of sp³-hybridized carbons (Fsp3) is 0.615. The molecule has 0 bridgehead atoms. The van der Waals surface area contributed by atoms with Crippen molar-refractivity contribution in [2.24, 2.45) is 5.92 Å². The molecule has 1 saturated heterocycles. The van der Waals surface area contributed by atoms with Gasteiger partial charge in [0.15, 0.2) is 0 Å². The number of hydrogen-bond donors (Lipinski definition) is 1. The van der Waals surface area contributed by atoms with Crippen LogP contribution in [0, 0.1) is 12.8 Å². The topological polar surface area (TPSA) is 41.3 Å². The SMILES string of the molecule is C=Cn1cc(CN2CCCC(CO)C2)c(C)n1. The Morgan fingerprint density at radius 3 is 3.12 bits per heavy atom. The third kappa shape index (κ3) is 2.96. The van der Waals surface area contributed by atoms with Gasteiger partial charge in [-0.1, -0.05) is 6.58 Å². The molecule has 1 aromatic rings. The van der Waals surface area contributed by atoms with Crippen molar-refractivity contribution in [3.8, 4) is 0 Å². The van der Waals surface area contributed by atoms with E-state index in [4.69, 9.17) is 0 Å². The first-order valence-corrected chi connectivity index (χ1v) is 6.23. The van der Waals surface area contributed by atoms with Gasteiger partial charge in [-0.25, -0.2) is 4.68 Å². The minimum atomic E-state index is 0.307. The number of likely N-dealkylation sites (tertiary alicyclic amines) is 1. The van der Waals surface area contributed by atoms with Crippen LogP contribution < -0.4 is 0 Å². The van der Waals surface area contributed by atoms with Gasteiger partial charge in [-0.15, -0.1) is 0 Å². The molecule has 2 heterocycles. The van der Waals surface area contributed by atoms with E-state index in [1.807, 2.05) is 13.1 Å².